The number of hydrogen-bond donors (Lipinski definition) is 2. The zero-order chi connectivity index (χ0) is 29.0. The number of benzene rings is 3. The van der Waals surface area contributed by atoms with Gasteiger partial charge in [0.1, 0.15) is 17.4 Å². The third-order valence-electron chi connectivity index (χ3n) is 6.52. The lowest BCUT2D eigenvalue weighted by Crippen LogP contribution is -2.38. The smallest absolute Gasteiger partial charge is 0.335 e. The summed E-state index contributed by atoms with van der Waals surface area (Å²) in [6.07, 6.45) is -0.124. The van der Waals surface area contributed by atoms with E-state index in [2.05, 4.69) is 10.6 Å². The summed E-state index contributed by atoms with van der Waals surface area (Å²) in [5.74, 6) is -4.39. The second-order valence-corrected chi connectivity index (χ2v) is 9.20. The van der Waals surface area contributed by atoms with Crippen LogP contribution in [0.1, 0.15) is 28.4 Å². The minimum absolute atomic E-state index is 0.124. The molecule has 1 heterocycles. The Labute approximate surface area is 227 Å². The number of nitrogens with one attached hydrogen (secondary N) is 1. The number of nitrogens with zero attached hydrogens (tertiary/aromatic N) is 3. The minimum atomic E-state index is -1.36. The molecule has 0 aliphatic rings. The Balaban J connectivity index is 1.56. The number of hydrogen-bond acceptors (Lipinski definition) is 5. The molecule has 0 aliphatic carbocycles. The van der Waals surface area contributed by atoms with Crippen LogP contribution >= 0.6 is 0 Å². The van der Waals surface area contributed by atoms with Crippen molar-refractivity contribution in [2.24, 2.45) is 7.05 Å². The normalized spacial score (nSPS) is 12.0. The van der Waals surface area contributed by atoms with Crippen molar-refractivity contribution >= 4 is 22.7 Å². The first kappa shape index (κ1) is 28.5. The zero-order valence-electron chi connectivity index (χ0n) is 21.9. The van der Waals surface area contributed by atoms with E-state index in [1.165, 1.54) is 16.7 Å². The van der Waals surface area contributed by atoms with Crippen LogP contribution in [0.5, 0.6) is 0 Å². The molecule has 4 aromatic rings. The zero-order valence-corrected chi connectivity index (χ0v) is 21.9. The standard InChI is InChI=1S/C29H27F2N4O5/c1-3-32-15-18-9-12-24-20(13-18)27(37)35(29(40)34(24)2)19-10-7-17(8-11-19)14-23(28(38)39)33-16-25(36)26-21(30)5-4-6-22(26)31/h4-13,23,32H,3,14-16H2,1-2H3,(H,38,39)/q-1/t23-/m0/s1. The molecule has 1 atom stereocenters. The molecule has 0 radical (unpaired) electrons. The van der Waals surface area contributed by atoms with Crippen molar-refractivity contribution in [2.45, 2.75) is 25.9 Å². The van der Waals surface area contributed by atoms with Gasteiger partial charge in [-0.3, -0.25) is 19.0 Å². The second kappa shape index (κ2) is 12.1. The number of carbonyl (C=O) groups is 2. The molecule has 0 saturated heterocycles. The summed E-state index contributed by atoms with van der Waals surface area (Å²) in [6.45, 7) is 2.59. The van der Waals surface area contributed by atoms with Crippen molar-refractivity contribution in [1.29, 1.82) is 0 Å². The summed E-state index contributed by atoms with van der Waals surface area (Å²) in [4.78, 5) is 50.5. The predicted octanol–water partition coefficient (Wildman–Crippen LogP) is 3.33. The molecule has 1 aromatic heterocycles. The summed E-state index contributed by atoms with van der Waals surface area (Å²) < 4.78 is 30.2. The summed E-state index contributed by atoms with van der Waals surface area (Å²) in [6, 6.07) is 13.1. The molecule has 0 fully saturated rings. The molecule has 4 rings (SSSR count). The van der Waals surface area contributed by atoms with Gasteiger partial charge in [-0.15, -0.1) is 0 Å². The highest BCUT2D eigenvalue weighted by atomic mass is 19.1. The predicted molar refractivity (Wildman–Crippen MR) is 146 cm³/mol. The number of Topliss-reactive ketones (excluding diaryl/α,β-unsaturated/α-hetero) is 1. The number of carbonyl (C=O) groups excluding carboxylic acids is 1. The van der Waals surface area contributed by atoms with E-state index in [0.29, 0.717) is 28.7 Å². The molecule has 0 bridgehead atoms. The monoisotopic (exact) mass is 549 g/mol. The Hall–Kier alpha value is -4.48. The first-order chi connectivity index (χ1) is 19.1. The molecule has 3 aromatic carbocycles. The van der Waals surface area contributed by atoms with Gasteiger partial charge < -0.3 is 15.7 Å². The lowest BCUT2D eigenvalue weighted by atomic mass is 10.0. The number of rotatable bonds is 11. The molecule has 9 nitrogen and oxygen atoms in total. The molecule has 0 spiro atoms. The van der Waals surface area contributed by atoms with Gasteiger partial charge in [-0.1, -0.05) is 37.7 Å². The van der Waals surface area contributed by atoms with Crippen LogP contribution in [0.2, 0.25) is 0 Å². The fraction of sp³-hybridized carbons (Fsp3) is 0.241. The van der Waals surface area contributed by atoms with Crippen molar-refractivity contribution in [1.82, 2.24) is 14.5 Å². The summed E-state index contributed by atoms with van der Waals surface area (Å²) in [7, 11) is 1.58. The van der Waals surface area contributed by atoms with Gasteiger partial charge in [-0.2, -0.15) is 0 Å². The maximum Gasteiger partial charge on any atom is 0.335 e. The van der Waals surface area contributed by atoms with Crippen LogP contribution in [0.25, 0.3) is 21.9 Å². The fourth-order valence-corrected chi connectivity index (χ4v) is 4.39. The highest BCUT2D eigenvalue weighted by Crippen LogP contribution is 2.18. The van der Waals surface area contributed by atoms with E-state index in [1.54, 1.807) is 31.3 Å². The Morgan fingerprint density at radius 1 is 1.00 bits per heavy atom. The number of ketones is 1. The average molecular weight is 550 g/mol. The van der Waals surface area contributed by atoms with Crippen molar-refractivity contribution < 1.29 is 23.5 Å². The lowest BCUT2D eigenvalue weighted by molar-refractivity contribution is -0.137. The van der Waals surface area contributed by atoms with Crippen molar-refractivity contribution in [3.63, 3.8) is 0 Å². The third-order valence-corrected chi connectivity index (χ3v) is 6.52. The van der Waals surface area contributed by atoms with E-state index in [9.17, 15) is 33.1 Å². The summed E-state index contributed by atoms with van der Waals surface area (Å²) in [5, 5.41) is 17.0. The Morgan fingerprint density at radius 2 is 1.65 bits per heavy atom. The van der Waals surface area contributed by atoms with Crippen LogP contribution in [0.3, 0.4) is 0 Å². The van der Waals surface area contributed by atoms with Crippen LogP contribution in [-0.4, -0.2) is 45.1 Å². The quantitative estimate of drug-likeness (QED) is 0.277. The van der Waals surface area contributed by atoms with Gasteiger partial charge in [0.2, 0.25) is 0 Å². The number of carboxylic acid groups (broad SMARTS) is 1. The van der Waals surface area contributed by atoms with Gasteiger partial charge in [-0.25, -0.2) is 18.1 Å². The van der Waals surface area contributed by atoms with Crippen molar-refractivity contribution in [3.05, 3.63) is 115 Å². The van der Waals surface area contributed by atoms with E-state index in [4.69, 9.17) is 0 Å². The molecule has 2 N–H and O–H groups in total. The van der Waals surface area contributed by atoms with Gasteiger partial charge in [0.05, 0.1) is 22.2 Å². The Kier molecular flexibility index (Phi) is 8.66. The average Bonchev–Trinajstić information content (AvgIpc) is 2.93. The Bertz CT molecular complexity index is 1680. The van der Waals surface area contributed by atoms with Gasteiger partial charge in [-0.05, 0) is 66.5 Å². The van der Waals surface area contributed by atoms with Crippen molar-refractivity contribution in [3.8, 4) is 5.69 Å². The van der Waals surface area contributed by atoms with Gasteiger partial charge in [0.15, 0.2) is 0 Å². The molecule has 0 amide bonds. The Morgan fingerprint density at radius 3 is 2.27 bits per heavy atom. The van der Waals surface area contributed by atoms with Crippen LogP contribution < -0.4 is 16.6 Å². The van der Waals surface area contributed by atoms with E-state index in [-0.39, 0.29) is 6.42 Å². The van der Waals surface area contributed by atoms with Crippen LogP contribution in [0, 0.1) is 11.6 Å². The summed E-state index contributed by atoms with van der Waals surface area (Å²) >= 11 is 0. The second-order valence-electron chi connectivity index (χ2n) is 9.20. The number of carboxylic acids is 1. The number of aliphatic carboxylic acids is 1. The SMILES string of the molecule is CCNCc1ccc2c(c1)c(=O)n(-c1ccc(C[C@H]([N-]CC(=O)c3c(F)cccc3F)C(=O)O)cc1)c(=O)n2C. The number of aryl methyl sites for hydroxylation is 1. The van der Waals surface area contributed by atoms with E-state index in [0.717, 1.165) is 34.9 Å². The van der Waals surface area contributed by atoms with Gasteiger partial charge in [0.25, 0.3) is 11.5 Å². The molecule has 0 unspecified atom stereocenters. The molecule has 40 heavy (non-hydrogen) atoms. The van der Waals surface area contributed by atoms with Crippen LogP contribution in [0.15, 0.2) is 70.3 Å². The highest BCUT2D eigenvalue weighted by Gasteiger charge is 2.17. The maximum absolute atomic E-state index is 13.9. The molecule has 0 aliphatic heterocycles. The molecule has 208 valence electrons. The molecular weight excluding hydrogens is 522 g/mol. The molecule has 0 saturated carbocycles. The summed E-state index contributed by atoms with van der Waals surface area (Å²) in [5.41, 5.74) is 0.398. The number of aromatic nitrogens is 2. The maximum atomic E-state index is 13.9. The molecule has 11 heteroatoms. The van der Waals surface area contributed by atoms with Gasteiger partial charge in [0, 0.05) is 13.6 Å². The lowest BCUT2D eigenvalue weighted by Gasteiger charge is -2.27. The van der Waals surface area contributed by atoms with E-state index < -0.39 is 52.8 Å². The van der Waals surface area contributed by atoms with Crippen molar-refractivity contribution in [2.75, 3.05) is 13.1 Å². The minimum Gasteiger partial charge on any atom is -0.643 e. The third kappa shape index (κ3) is 5.90. The van der Waals surface area contributed by atoms with Gasteiger partial charge >= 0.3 is 5.69 Å². The largest absolute Gasteiger partial charge is 0.643 e. The highest BCUT2D eigenvalue weighted by molar-refractivity contribution is 6.00. The first-order valence-electron chi connectivity index (χ1n) is 12.5. The van der Waals surface area contributed by atoms with E-state index in [1.807, 2.05) is 13.0 Å². The van der Waals surface area contributed by atoms with Crippen LogP contribution in [-0.2, 0) is 24.8 Å². The number of fused-ring (bicyclic) bond motifs is 1. The molecular formula is C29H27F2N4O5-. The van der Waals surface area contributed by atoms with Crippen LogP contribution in [0.4, 0.5) is 8.78 Å². The van der Waals surface area contributed by atoms with E-state index >= 15 is 0 Å². The fourth-order valence-electron chi connectivity index (χ4n) is 4.39. The first-order valence-corrected chi connectivity index (χ1v) is 12.5. The topological polar surface area (TPSA) is 125 Å². The number of halogens is 2.